The van der Waals surface area contributed by atoms with Crippen LogP contribution in [0, 0.1) is 11.7 Å². The van der Waals surface area contributed by atoms with E-state index in [0.717, 1.165) is 12.8 Å². The third-order valence-electron chi connectivity index (χ3n) is 2.80. The first kappa shape index (κ1) is 10.9. The molecule has 1 aromatic carbocycles. The van der Waals surface area contributed by atoms with E-state index in [-0.39, 0.29) is 10.9 Å². The first-order chi connectivity index (χ1) is 7.09. The summed E-state index contributed by atoms with van der Waals surface area (Å²) in [4.78, 5) is 0. The molecule has 15 heavy (non-hydrogen) atoms. The minimum absolute atomic E-state index is 0.0758. The van der Waals surface area contributed by atoms with Crippen LogP contribution in [0.5, 0.6) is 0 Å². The number of nitrogens with two attached hydrogens (primary N) is 1. The highest BCUT2D eigenvalue weighted by atomic mass is 35.5. The molecule has 82 valence electrons. The highest BCUT2D eigenvalue weighted by Crippen LogP contribution is 2.37. The standard InChI is InChI=1S/C11H13ClFNO/c12-8-4-3-7(5-9(8)13)10(14)11(15)6-1-2-6/h3-6,10-11,15H,1-2,14H2/t10-,11+/m1/s1. The Morgan fingerprint density at radius 1 is 1.47 bits per heavy atom. The average Bonchev–Trinajstić information content (AvgIpc) is 3.03. The minimum atomic E-state index is -0.578. The van der Waals surface area contributed by atoms with Crippen LogP contribution >= 0.6 is 11.6 Å². The lowest BCUT2D eigenvalue weighted by molar-refractivity contribution is 0.122. The lowest BCUT2D eigenvalue weighted by Gasteiger charge is -2.18. The van der Waals surface area contributed by atoms with Gasteiger partial charge < -0.3 is 10.8 Å². The van der Waals surface area contributed by atoms with Crippen LogP contribution in [-0.4, -0.2) is 11.2 Å². The molecule has 4 heteroatoms. The lowest BCUT2D eigenvalue weighted by Crippen LogP contribution is -2.27. The SMILES string of the molecule is N[C@H](c1ccc(Cl)c(F)c1)[C@@H](O)C1CC1. The molecule has 2 atom stereocenters. The number of halogens is 2. The van der Waals surface area contributed by atoms with E-state index in [1.54, 1.807) is 6.07 Å². The molecule has 1 aromatic rings. The summed E-state index contributed by atoms with van der Waals surface area (Å²) in [7, 11) is 0. The monoisotopic (exact) mass is 229 g/mol. The molecule has 0 unspecified atom stereocenters. The Balaban J connectivity index is 2.17. The lowest BCUT2D eigenvalue weighted by atomic mass is 9.99. The smallest absolute Gasteiger partial charge is 0.142 e. The molecule has 0 aromatic heterocycles. The van der Waals surface area contributed by atoms with E-state index >= 15 is 0 Å². The Kier molecular flexibility index (Phi) is 2.96. The second-order valence-corrected chi connectivity index (χ2v) is 4.43. The van der Waals surface area contributed by atoms with Gasteiger partial charge in [-0.15, -0.1) is 0 Å². The molecule has 0 radical (unpaired) electrons. The van der Waals surface area contributed by atoms with Crippen molar-refractivity contribution in [2.45, 2.75) is 25.0 Å². The minimum Gasteiger partial charge on any atom is -0.391 e. The van der Waals surface area contributed by atoms with Gasteiger partial charge in [0.2, 0.25) is 0 Å². The van der Waals surface area contributed by atoms with Crippen molar-refractivity contribution in [3.8, 4) is 0 Å². The summed E-state index contributed by atoms with van der Waals surface area (Å²) in [5, 5.41) is 9.87. The molecule has 3 N–H and O–H groups in total. The van der Waals surface area contributed by atoms with Gasteiger partial charge in [0.05, 0.1) is 17.2 Å². The largest absolute Gasteiger partial charge is 0.391 e. The molecule has 0 bridgehead atoms. The summed E-state index contributed by atoms with van der Waals surface area (Å²) in [6, 6.07) is 3.88. The van der Waals surface area contributed by atoms with Crippen LogP contribution in [0.2, 0.25) is 5.02 Å². The van der Waals surface area contributed by atoms with E-state index in [0.29, 0.717) is 5.56 Å². The number of rotatable bonds is 3. The van der Waals surface area contributed by atoms with Gasteiger partial charge in [-0.05, 0) is 36.5 Å². The van der Waals surface area contributed by atoms with E-state index < -0.39 is 18.0 Å². The van der Waals surface area contributed by atoms with E-state index in [1.807, 2.05) is 0 Å². The third-order valence-corrected chi connectivity index (χ3v) is 3.11. The first-order valence-electron chi connectivity index (χ1n) is 4.98. The van der Waals surface area contributed by atoms with Crippen molar-refractivity contribution in [1.82, 2.24) is 0 Å². The number of aliphatic hydroxyl groups excluding tert-OH is 1. The normalized spacial score (nSPS) is 20.0. The van der Waals surface area contributed by atoms with Crippen LogP contribution in [0.3, 0.4) is 0 Å². The molecule has 2 nitrogen and oxygen atoms in total. The van der Waals surface area contributed by atoms with Crippen LogP contribution in [-0.2, 0) is 0 Å². The maximum absolute atomic E-state index is 13.2. The molecule has 1 saturated carbocycles. The van der Waals surface area contributed by atoms with Crippen molar-refractivity contribution >= 4 is 11.6 Å². The van der Waals surface area contributed by atoms with Gasteiger partial charge in [0, 0.05) is 0 Å². The summed E-state index contributed by atoms with van der Waals surface area (Å²) < 4.78 is 13.2. The third kappa shape index (κ3) is 2.30. The van der Waals surface area contributed by atoms with Gasteiger partial charge in [0.1, 0.15) is 5.82 Å². The second-order valence-electron chi connectivity index (χ2n) is 4.03. The van der Waals surface area contributed by atoms with Crippen LogP contribution < -0.4 is 5.73 Å². The van der Waals surface area contributed by atoms with Crippen molar-refractivity contribution in [2.24, 2.45) is 11.7 Å². The van der Waals surface area contributed by atoms with Crippen LogP contribution in [0.1, 0.15) is 24.4 Å². The van der Waals surface area contributed by atoms with E-state index in [9.17, 15) is 9.50 Å². The Labute approximate surface area is 92.9 Å². The predicted octanol–water partition coefficient (Wildman–Crippen LogP) is 2.25. The highest BCUT2D eigenvalue weighted by Gasteiger charge is 2.34. The van der Waals surface area contributed by atoms with Crippen molar-refractivity contribution in [1.29, 1.82) is 0 Å². The highest BCUT2D eigenvalue weighted by molar-refractivity contribution is 6.30. The molecule has 1 fully saturated rings. The summed E-state index contributed by atoms with van der Waals surface area (Å²) in [5.74, 6) is -0.216. The Hall–Kier alpha value is -0.640. The zero-order valence-corrected chi connectivity index (χ0v) is 8.91. The van der Waals surface area contributed by atoms with E-state index in [4.69, 9.17) is 17.3 Å². The molecule has 2 rings (SSSR count). The Morgan fingerprint density at radius 2 is 2.13 bits per heavy atom. The average molecular weight is 230 g/mol. The molecule has 0 heterocycles. The number of hydrogen-bond donors (Lipinski definition) is 2. The van der Waals surface area contributed by atoms with Crippen molar-refractivity contribution in [3.05, 3.63) is 34.6 Å². The van der Waals surface area contributed by atoms with Gasteiger partial charge in [-0.1, -0.05) is 17.7 Å². The fourth-order valence-corrected chi connectivity index (χ4v) is 1.77. The van der Waals surface area contributed by atoms with Crippen LogP contribution in [0.15, 0.2) is 18.2 Å². The summed E-state index contributed by atoms with van der Waals surface area (Å²) in [6.07, 6.45) is 1.43. The van der Waals surface area contributed by atoms with E-state index in [1.165, 1.54) is 12.1 Å². The van der Waals surface area contributed by atoms with Crippen LogP contribution in [0.4, 0.5) is 4.39 Å². The zero-order chi connectivity index (χ0) is 11.0. The quantitative estimate of drug-likeness (QED) is 0.835. The second kappa shape index (κ2) is 4.08. The molecule has 1 aliphatic carbocycles. The van der Waals surface area contributed by atoms with Gasteiger partial charge in [-0.25, -0.2) is 4.39 Å². The maximum Gasteiger partial charge on any atom is 0.142 e. The fourth-order valence-electron chi connectivity index (χ4n) is 1.65. The molecular weight excluding hydrogens is 217 g/mol. The van der Waals surface area contributed by atoms with Crippen molar-refractivity contribution < 1.29 is 9.50 Å². The molecule has 0 saturated heterocycles. The Bertz CT molecular complexity index is 368. The number of aliphatic hydroxyl groups is 1. The van der Waals surface area contributed by atoms with Crippen molar-refractivity contribution in [3.63, 3.8) is 0 Å². The van der Waals surface area contributed by atoms with Crippen LogP contribution in [0.25, 0.3) is 0 Å². The number of benzene rings is 1. The first-order valence-corrected chi connectivity index (χ1v) is 5.36. The van der Waals surface area contributed by atoms with Gasteiger partial charge in [0.15, 0.2) is 0 Å². The molecule has 0 spiro atoms. The fraction of sp³-hybridized carbons (Fsp3) is 0.455. The molecule has 1 aliphatic rings. The van der Waals surface area contributed by atoms with Gasteiger partial charge in [0.25, 0.3) is 0 Å². The molecule has 0 aliphatic heterocycles. The van der Waals surface area contributed by atoms with Gasteiger partial charge in [-0.3, -0.25) is 0 Å². The Morgan fingerprint density at radius 3 is 2.67 bits per heavy atom. The number of hydrogen-bond acceptors (Lipinski definition) is 2. The van der Waals surface area contributed by atoms with Crippen molar-refractivity contribution in [2.75, 3.05) is 0 Å². The summed E-state index contributed by atoms with van der Waals surface area (Å²) >= 11 is 5.56. The van der Waals surface area contributed by atoms with Gasteiger partial charge in [-0.2, -0.15) is 0 Å². The maximum atomic E-state index is 13.2. The molecule has 0 amide bonds. The molecular formula is C11H13ClFNO. The van der Waals surface area contributed by atoms with E-state index in [2.05, 4.69) is 0 Å². The zero-order valence-electron chi connectivity index (χ0n) is 8.16. The summed E-state index contributed by atoms with van der Waals surface area (Å²) in [5.41, 5.74) is 6.43. The summed E-state index contributed by atoms with van der Waals surface area (Å²) in [6.45, 7) is 0. The predicted molar refractivity (Wildman–Crippen MR) is 57.1 cm³/mol. The van der Waals surface area contributed by atoms with Gasteiger partial charge >= 0.3 is 0 Å². The topological polar surface area (TPSA) is 46.2 Å².